The number of aliphatic hydroxyl groups excluding tert-OH is 1. The van der Waals surface area contributed by atoms with E-state index in [9.17, 15) is 5.11 Å². The van der Waals surface area contributed by atoms with E-state index in [-0.39, 0.29) is 0 Å². The summed E-state index contributed by atoms with van der Waals surface area (Å²) in [6.07, 6.45) is 0.480. The minimum Gasteiger partial charge on any atom is -0.384 e. The van der Waals surface area contributed by atoms with Crippen molar-refractivity contribution >= 4 is 34.8 Å². The first-order chi connectivity index (χ1) is 5.82. The Morgan fingerprint density at radius 3 is 2.38 bits per heavy atom. The van der Waals surface area contributed by atoms with Gasteiger partial charge in [0.05, 0.1) is 5.69 Å². The van der Waals surface area contributed by atoms with Crippen LogP contribution < -0.4 is 0 Å². The zero-order valence-corrected chi connectivity index (χ0v) is 9.40. The molecule has 0 aliphatic carbocycles. The van der Waals surface area contributed by atoms with Gasteiger partial charge in [0.1, 0.15) is 6.10 Å². The molecule has 0 saturated carbocycles. The lowest BCUT2D eigenvalue weighted by atomic mass is 10.2. The monoisotopic (exact) mass is 242 g/mol. The number of hydrogen-bond acceptors (Lipinski definition) is 2. The minimum absolute atomic E-state index is 0.530. The van der Waals surface area contributed by atoms with Crippen LogP contribution in [0.1, 0.15) is 17.4 Å². The fourth-order valence-electron chi connectivity index (χ4n) is 1.06. The molecule has 1 aromatic rings. The summed E-state index contributed by atoms with van der Waals surface area (Å²) < 4.78 is -0.155. The van der Waals surface area contributed by atoms with E-state index in [4.69, 9.17) is 34.8 Å². The van der Waals surface area contributed by atoms with Gasteiger partial charge in [-0.15, -0.1) is 0 Å². The molecule has 1 unspecified atom stereocenters. The third kappa shape index (κ3) is 2.50. The van der Waals surface area contributed by atoms with Crippen LogP contribution in [0.25, 0.3) is 0 Å². The molecule has 13 heavy (non-hydrogen) atoms. The van der Waals surface area contributed by atoms with Crippen molar-refractivity contribution in [3.8, 4) is 0 Å². The van der Waals surface area contributed by atoms with Gasteiger partial charge in [0.2, 0.25) is 3.79 Å². The summed E-state index contributed by atoms with van der Waals surface area (Å²) in [5.74, 6) is 0. The molecule has 1 atom stereocenters. The van der Waals surface area contributed by atoms with Gasteiger partial charge in [0, 0.05) is 18.8 Å². The van der Waals surface area contributed by atoms with E-state index in [1.165, 1.54) is 0 Å². The highest BCUT2D eigenvalue weighted by Crippen LogP contribution is 2.40. The van der Waals surface area contributed by atoms with Gasteiger partial charge in [-0.3, -0.25) is 4.68 Å². The van der Waals surface area contributed by atoms with Crippen molar-refractivity contribution in [2.75, 3.05) is 0 Å². The molecule has 1 rings (SSSR count). The van der Waals surface area contributed by atoms with Crippen LogP contribution in [0.5, 0.6) is 0 Å². The normalized spacial score (nSPS) is 14.6. The lowest BCUT2D eigenvalue weighted by Crippen LogP contribution is -2.16. The Morgan fingerprint density at radius 2 is 2.08 bits per heavy atom. The summed E-state index contributed by atoms with van der Waals surface area (Å²) in [6, 6.07) is 0. The third-order valence-electron chi connectivity index (χ3n) is 1.66. The lowest BCUT2D eigenvalue weighted by molar-refractivity contribution is 0.181. The molecule has 0 bridgehead atoms. The van der Waals surface area contributed by atoms with Crippen molar-refractivity contribution in [2.24, 2.45) is 7.05 Å². The molecule has 3 nitrogen and oxygen atoms in total. The zero-order valence-electron chi connectivity index (χ0n) is 7.13. The summed E-state index contributed by atoms with van der Waals surface area (Å²) in [4.78, 5) is 0. The van der Waals surface area contributed by atoms with Gasteiger partial charge in [-0.1, -0.05) is 34.8 Å². The van der Waals surface area contributed by atoms with Crippen LogP contribution in [0.2, 0.25) is 0 Å². The SMILES string of the molecule is Cc1nn(C)cc1C(O)C(Cl)(Cl)Cl. The molecule has 74 valence electrons. The molecule has 0 aliphatic rings. The topological polar surface area (TPSA) is 38.0 Å². The Hall–Kier alpha value is 0.0400. The van der Waals surface area contributed by atoms with Crippen molar-refractivity contribution in [1.82, 2.24) is 9.78 Å². The van der Waals surface area contributed by atoms with Crippen molar-refractivity contribution in [2.45, 2.75) is 16.8 Å². The molecule has 0 spiro atoms. The molecule has 0 radical (unpaired) electrons. The summed E-state index contributed by atoms with van der Waals surface area (Å²) in [6.45, 7) is 1.74. The first kappa shape index (κ1) is 11.1. The molecule has 1 aromatic heterocycles. The second kappa shape index (κ2) is 3.65. The average molecular weight is 244 g/mol. The van der Waals surface area contributed by atoms with Crippen LogP contribution >= 0.6 is 34.8 Å². The molecule has 0 aliphatic heterocycles. The quantitative estimate of drug-likeness (QED) is 0.768. The average Bonchev–Trinajstić information content (AvgIpc) is 2.26. The second-order valence-electron chi connectivity index (χ2n) is 2.79. The number of aliphatic hydroxyl groups is 1. The highest BCUT2D eigenvalue weighted by atomic mass is 35.6. The first-order valence-corrected chi connectivity index (χ1v) is 4.70. The van der Waals surface area contributed by atoms with Gasteiger partial charge >= 0.3 is 0 Å². The molecule has 1 heterocycles. The van der Waals surface area contributed by atoms with E-state index in [2.05, 4.69) is 5.10 Å². The summed E-state index contributed by atoms with van der Waals surface area (Å²) in [5.41, 5.74) is 1.18. The molecular weight excluding hydrogens is 234 g/mol. The Labute approximate surface area is 91.2 Å². The van der Waals surface area contributed by atoms with E-state index in [1.807, 2.05) is 0 Å². The number of halogens is 3. The van der Waals surface area contributed by atoms with Gasteiger partial charge in [0.15, 0.2) is 0 Å². The van der Waals surface area contributed by atoms with Gasteiger partial charge in [0.25, 0.3) is 0 Å². The maximum atomic E-state index is 9.60. The lowest BCUT2D eigenvalue weighted by Gasteiger charge is -2.17. The Balaban J connectivity index is 3.01. The highest BCUT2D eigenvalue weighted by molar-refractivity contribution is 6.68. The van der Waals surface area contributed by atoms with Crippen LogP contribution in [0.3, 0.4) is 0 Å². The van der Waals surface area contributed by atoms with E-state index in [0.717, 1.165) is 0 Å². The van der Waals surface area contributed by atoms with Crippen LogP contribution in [0, 0.1) is 6.92 Å². The predicted octanol–water partition coefficient (Wildman–Crippen LogP) is 2.13. The van der Waals surface area contributed by atoms with Crippen molar-refractivity contribution in [3.63, 3.8) is 0 Å². The van der Waals surface area contributed by atoms with Gasteiger partial charge in [-0.05, 0) is 6.92 Å². The Morgan fingerprint density at radius 1 is 1.54 bits per heavy atom. The van der Waals surface area contributed by atoms with Crippen LogP contribution in [0.15, 0.2) is 6.20 Å². The fraction of sp³-hybridized carbons (Fsp3) is 0.571. The molecule has 0 fully saturated rings. The minimum atomic E-state index is -1.71. The second-order valence-corrected chi connectivity index (χ2v) is 5.16. The Kier molecular flexibility index (Phi) is 3.12. The number of nitrogens with zero attached hydrogens (tertiary/aromatic N) is 2. The van der Waals surface area contributed by atoms with Crippen LogP contribution in [-0.4, -0.2) is 18.7 Å². The number of hydrogen-bond donors (Lipinski definition) is 1. The Bertz CT molecular complexity index is 305. The number of aryl methyl sites for hydroxylation is 2. The van der Waals surface area contributed by atoms with Gasteiger partial charge < -0.3 is 5.11 Å². The van der Waals surface area contributed by atoms with Gasteiger partial charge in [-0.25, -0.2) is 0 Å². The summed E-state index contributed by atoms with van der Waals surface area (Å²) >= 11 is 16.6. The number of alkyl halides is 3. The number of rotatable bonds is 1. The van der Waals surface area contributed by atoms with Crippen molar-refractivity contribution in [3.05, 3.63) is 17.5 Å². The fourth-order valence-corrected chi connectivity index (χ4v) is 1.42. The molecule has 0 aromatic carbocycles. The van der Waals surface area contributed by atoms with Crippen LogP contribution in [-0.2, 0) is 7.05 Å². The van der Waals surface area contributed by atoms with E-state index in [1.54, 1.807) is 24.9 Å². The summed E-state index contributed by atoms with van der Waals surface area (Å²) in [7, 11) is 1.74. The number of aromatic nitrogens is 2. The smallest absolute Gasteiger partial charge is 0.220 e. The van der Waals surface area contributed by atoms with Crippen LogP contribution in [0.4, 0.5) is 0 Å². The maximum Gasteiger partial charge on any atom is 0.220 e. The molecule has 0 saturated heterocycles. The zero-order chi connectivity index (χ0) is 10.2. The standard InChI is InChI=1S/C7H9Cl3N2O/c1-4-5(3-12(2)11-4)6(13)7(8,9)10/h3,6,13H,1-2H3. The van der Waals surface area contributed by atoms with Gasteiger partial charge in [-0.2, -0.15) is 5.10 Å². The van der Waals surface area contributed by atoms with Crippen molar-refractivity contribution in [1.29, 1.82) is 0 Å². The molecule has 0 amide bonds. The van der Waals surface area contributed by atoms with E-state index < -0.39 is 9.90 Å². The first-order valence-electron chi connectivity index (χ1n) is 3.57. The van der Waals surface area contributed by atoms with E-state index >= 15 is 0 Å². The predicted molar refractivity (Wildman–Crippen MR) is 53.2 cm³/mol. The van der Waals surface area contributed by atoms with E-state index in [0.29, 0.717) is 11.3 Å². The molecule has 6 heteroatoms. The summed E-state index contributed by atoms with van der Waals surface area (Å²) in [5, 5.41) is 13.6. The third-order valence-corrected chi connectivity index (χ3v) is 2.28. The van der Waals surface area contributed by atoms with Crippen molar-refractivity contribution < 1.29 is 5.11 Å². The molecular formula is C7H9Cl3N2O. The maximum absolute atomic E-state index is 9.60. The molecule has 1 N–H and O–H groups in total. The largest absolute Gasteiger partial charge is 0.384 e. The highest BCUT2D eigenvalue weighted by Gasteiger charge is 2.34.